The molecule has 1 aliphatic heterocycles. The number of furan rings is 1. The minimum atomic E-state index is -0.697. The predicted molar refractivity (Wildman–Crippen MR) is 84.8 cm³/mol. The number of rotatable bonds is 5. The van der Waals surface area contributed by atoms with E-state index in [-0.39, 0.29) is 24.9 Å². The molecule has 2 aromatic rings. The van der Waals surface area contributed by atoms with Crippen molar-refractivity contribution in [2.45, 2.75) is 19.6 Å². The van der Waals surface area contributed by atoms with E-state index in [1.165, 1.54) is 17.2 Å². The van der Waals surface area contributed by atoms with Crippen LogP contribution >= 0.6 is 0 Å². The molecule has 1 unspecified atom stereocenters. The first-order valence-corrected chi connectivity index (χ1v) is 7.45. The van der Waals surface area contributed by atoms with E-state index in [9.17, 15) is 14.4 Å². The molecule has 0 aliphatic carbocycles. The monoisotopic (exact) mass is 328 g/mol. The van der Waals surface area contributed by atoms with Gasteiger partial charge in [-0.2, -0.15) is 0 Å². The van der Waals surface area contributed by atoms with Gasteiger partial charge in [-0.3, -0.25) is 19.3 Å². The van der Waals surface area contributed by atoms with E-state index in [1.807, 2.05) is 0 Å². The van der Waals surface area contributed by atoms with Gasteiger partial charge < -0.3 is 14.5 Å². The third kappa shape index (κ3) is 3.15. The van der Waals surface area contributed by atoms with E-state index in [2.05, 4.69) is 5.32 Å². The first-order valence-electron chi connectivity index (χ1n) is 7.45. The van der Waals surface area contributed by atoms with Crippen molar-refractivity contribution < 1.29 is 23.5 Å². The number of hydrogen-bond acceptors (Lipinski definition) is 5. The first kappa shape index (κ1) is 15.8. The van der Waals surface area contributed by atoms with E-state index in [0.717, 1.165) is 0 Å². The van der Waals surface area contributed by atoms with Crippen molar-refractivity contribution in [1.82, 2.24) is 5.32 Å². The predicted octanol–water partition coefficient (Wildman–Crippen LogP) is 1.52. The zero-order chi connectivity index (χ0) is 17.1. The van der Waals surface area contributed by atoms with Gasteiger partial charge in [0.2, 0.25) is 5.91 Å². The molecule has 1 aromatic heterocycles. The van der Waals surface area contributed by atoms with Crippen LogP contribution < -0.4 is 15.0 Å². The van der Waals surface area contributed by atoms with Gasteiger partial charge in [0.25, 0.3) is 5.91 Å². The Morgan fingerprint density at radius 3 is 2.92 bits per heavy atom. The Hall–Kier alpha value is -3.09. The summed E-state index contributed by atoms with van der Waals surface area (Å²) in [5, 5.41) is 2.69. The van der Waals surface area contributed by atoms with Crippen LogP contribution in [-0.4, -0.2) is 30.7 Å². The number of amides is 2. The van der Waals surface area contributed by atoms with E-state index < -0.39 is 6.10 Å². The van der Waals surface area contributed by atoms with Crippen molar-refractivity contribution in [3.63, 3.8) is 0 Å². The summed E-state index contributed by atoms with van der Waals surface area (Å²) in [5.74, 6) is 0.412. The standard InChI is InChI=1S/C17H16N2O5/c1-11-17(22)19(9-16(21)18-8-13-3-2-6-23-13)14-7-12(10-20)4-5-15(14)24-11/h2-7,10-11H,8-9H2,1H3,(H,18,21). The average molecular weight is 328 g/mol. The van der Waals surface area contributed by atoms with Crippen LogP contribution in [-0.2, 0) is 16.1 Å². The molecule has 2 heterocycles. The second kappa shape index (κ2) is 6.57. The number of ether oxygens (including phenoxy) is 1. The highest BCUT2D eigenvalue weighted by atomic mass is 16.5. The molecular formula is C17H16N2O5. The highest BCUT2D eigenvalue weighted by Gasteiger charge is 2.32. The van der Waals surface area contributed by atoms with Crippen molar-refractivity contribution in [1.29, 1.82) is 0 Å². The summed E-state index contributed by atoms with van der Waals surface area (Å²) in [4.78, 5) is 36.8. The van der Waals surface area contributed by atoms with Gasteiger partial charge in [-0.05, 0) is 37.3 Å². The number of benzene rings is 1. The van der Waals surface area contributed by atoms with Crippen molar-refractivity contribution in [3.05, 3.63) is 47.9 Å². The summed E-state index contributed by atoms with van der Waals surface area (Å²) in [6, 6.07) is 8.23. The molecule has 124 valence electrons. The largest absolute Gasteiger partial charge is 0.479 e. The SMILES string of the molecule is CC1Oc2ccc(C=O)cc2N(CC(=O)NCc2ccco2)C1=O. The third-order valence-electron chi connectivity index (χ3n) is 3.67. The molecule has 7 heteroatoms. The summed E-state index contributed by atoms with van der Waals surface area (Å²) in [7, 11) is 0. The van der Waals surface area contributed by atoms with Crippen LogP contribution in [0.2, 0.25) is 0 Å². The highest BCUT2D eigenvalue weighted by Crippen LogP contribution is 2.34. The minimum Gasteiger partial charge on any atom is -0.479 e. The molecule has 1 aromatic carbocycles. The van der Waals surface area contributed by atoms with Crippen LogP contribution in [0.1, 0.15) is 23.0 Å². The van der Waals surface area contributed by atoms with Crippen LogP contribution in [0.25, 0.3) is 0 Å². The molecule has 0 saturated heterocycles. The Morgan fingerprint density at radius 2 is 2.21 bits per heavy atom. The number of hydrogen-bond donors (Lipinski definition) is 1. The lowest BCUT2D eigenvalue weighted by molar-refractivity contribution is -0.128. The van der Waals surface area contributed by atoms with Crippen molar-refractivity contribution >= 4 is 23.8 Å². The number of nitrogens with one attached hydrogen (secondary N) is 1. The fraction of sp³-hybridized carbons (Fsp3) is 0.235. The van der Waals surface area contributed by atoms with E-state index in [0.29, 0.717) is 29.0 Å². The molecule has 24 heavy (non-hydrogen) atoms. The van der Waals surface area contributed by atoms with Crippen molar-refractivity contribution in [3.8, 4) is 5.75 Å². The van der Waals surface area contributed by atoms with Gasteiger partial charge in [-0.15, -0.1) is 0 Å². The van der Waals surface area contributed by atoms with Gasteiger partial charge in [0.05, 0.1) is 18.5 Å². The molecule has 0 saturated carbocycles. The quantitative estimate of drug-likeness (QED) is 0.841. The topological polar surface area (TPSA) is 88.8 Å². The van der Waals surface area contributed by atoms with Crippen LogP contribution in [0.5, 0.6) is 5.75 Å². The molecule has 2 amide bonds. The van der Waals surface area contributed by atoms with Gasteiger partial charge in [-0.25, -0.2) is 0 Å². The maximum absolute atomic E-state index is 12.4. The fourth-order valence-electron chi connectivity index (χ4n) is 2.46. The Morgan fingerprint density at radius 1 is 1.38 bits per heavy atom. The Balaban J connectivity index is 1.77. The third-order valence-corrected chi connectivity index (χ3v) is 3.67. The highest BCUT2D eigenvalue weighted by molar-refractivity contribution is 6.04. The Labute approximate surface area is 138 Å². The average Bonchev–Trinajstić information content (AvgIpc) is 3.10. The second-order valence-electron chi connectivity index (χ2n) is 5.39. The first-order chi connectivity index (χ1) is 11.6. The molecule has 3 rings (SSSR count). The molecule has 1 atom stereocenters. The maximum atomic E-state index is 12.4. The number of aldehydes is 1. The lowest BCUT2D eigenvalue weighted by atomic mass is 10.1. The summed E-state index contributed by atoms with van der Waals surface area (Å²) in [6.45, 7) is 1.69. The number of carbonyl (C=O) groups is 3. The molecule has 0 radical (unpaired) electrons. The number of fused-ring (bicyclic) bond motifs is 1. The second-order valence-corrected chi connectivity index (χ2v) is 5.39. The van der Waals surface area contributed by atoms with Gasteiger partial charge in [-0.1, -0.05) is 0 Å². The van der Waals surface area contributed by atoms with Crippen LogP contribution in [0.15, 0.2) is 41.0 Å². The van der Waals surface area contributed by atoms with Crippen LogP contribution in [0.3, 0.4) is 0 Å². The number of carbonyl (C=O) groups excluding carboxylic acids is 3. The normalized spacial score (nSPS) is 16.3. The molecule has 1 N–H and O–H groups in total. The van der Waals surface area contributed by atoms with Gasteiger partial charge in [0.1, 0.15) is 24.3 Å². The number of nitrogens with zero attached hydrogens (tertiary/aromatic N) is 1. The zero-order valence-corrected chi connectivity index (χ0v) is 13.0. The van der Waals surface area contributed by atoms with Crippen LogP contribution in [0, 0.1) is 0 Å². The van der Waals surface area contributed by atoms with Crippen LogP contribution in [0.4, 0.5) is 5.69 Å². The maximum Gasteiger partial charge on any atom is 0.268 e. The van der Waals surface area contributed by atoms with Crippen molar-refractivity contribution in [2.75, 3.05) is 11.4 Å². The number of anilines is 1. The molecule has 0 bridgehead atoms. The summed E-state index contributed by atoms with van der Waals surface area (Å²) in [5.41, 5.74) is 0.816. The molecule has 7 nitrogen and oxygen atoms in total. The minimum absolute atomic E-state index is 0.164. The van der Waals surface area contributed by atoms with E-state index in [1.54, 1.807) is 31.2 Å². The fourth-order valence-corrected chi connectivity index (χ4v) is 2.46. The zero-order valence-electron chi connectivity index (χ0n) is 13.0. The molecule has 0 fully saturated rings. The lowest BCUT2D eigenvalue weighted by Crippen LogP contribution is -2.48. The van der Waals surface area contributed by atoms with Gasteiger partial charge >= 0.3 is 0 Å². The Bertz CT molecular complexity index is 769. The smallest absolute Gasteiger partial charge is 0.268 e. The summed E-state index contributed by atoms with van der Waals surface area (Å²) >= 11 is 0. The lowest BCUT2D eigenvalue weighted by Gasteiger charge is -2.32. The van der Waals surface area contributed by atoms with E-state index in [4.69, 9.17) is 9.15 Å². The molecule has 0 spiro atoms. The molecular weight excluding hydrogens is 312 g/mol. The van der Waals surface area contributed by atoms with Gasteiger partial charge in [0, 0.05) is 5.56 Å². The summed E-state index contributed by atoms with van der Waals surface area (Å²) < 4.78 is 10.7. The van der Waals surface area contributed by atoms with Gasteiger partial charge in [0.15, 0.2) is 6.10 Å². The Kier molecular flexibility index (Phi) is 4.33. The summed E-state index contributed by atoms with van der Waals surface area (Å²) in [6.07, 6.45) is 1.50. The van der Waals surface area contributed by atoms with E-state index >= 15 is 0 Å². The molecule has 1 aliphatic rings. The van der Waals surface area contributed by atoms with Crippen molar-refractivity contribution in [2.24, 2.45) is 0 Å².